The van der Waals surface area contributed by atoms with Crippen LogP contribution in [0.25, 0.3) is 6.08 Å². The van der Waals surface area contributed by atoms with Crippen molar-refractivity contribution in [1.29, 1.82) is 0 Å². The molecule has 11 nitrogen and oxygen atoms in total. The Morgan fingerprint density at radius 1 is 0.970 bits per heavy atom. The summed E-state index contributed by atoms with van der Waals surface area (Å²) in [7, 11) is 2.86. The van der Waals surface area contributed by atoms with Crippen molar-refractivity contribution in [1.82, 2.24) is 0 Å². The molecule has 0 amide bonds. The van der Waals surface area contributed by atoms with Gasteiger partial charge in [0.25, 0.3) is 0 Å². The SMILES string of the molecule is COc1ccc(/C=C/C(=O)O[C@H](C(=O)O)[C@@](O)(Cc2ccc(O)c(O)c2)C(=O)O)cc1OC. The zero-order chi connectivity index (χ0) is 24.8. The number of rotatable bonds is 10. The molecule has 0 saturated carbocycles. The molecule has 11 heteroatoms. The molecule has 0 aliphatic rings. The van der Waals surface area contributed by atoms with Crippen LogP contribution in [0.5, 0.6) is 23.0 Å². The van der Waals surface area contributed by atoms with Crippen molar-refractivity contribution in [2.75, 3.05) is 14.2 Å². The van der Waals surface area contributed by atoms with Crippen LogP contribution in [0, 0.1) is 0 Å². The maximum absolute atomic E-state index is 12.2. The van der Waals surface area contributed by atoms with E-state index in [2.05, 4.69) is 0 Å². The molecule has 2 aromatic rings. The number of aliphatic carboxylic acids is 2. The van der Waals surface area contributed by atoms with E-state index in [1.165, 1.54) is 32.4 Å². The summed E-state index contributed by atoms with van der Waals surface area (Å²) in [5.41, 5.74) is -2.65. The average Bonchev–Trinajstić information content (AvgIpc) is 2.77. The summed E-state index contributed by atoms with van der Waals surface area (Å²) < 4.78 is 15.0. The lowest BCUT2D eigenvalue weighted by atomic mass is 9.88. The molecule has 0 aliphatic heterocycles. The first-order chi connectivity index (χ1) is 15.5. The summed E-state index contributed by atoms with van der Waals surface area (Å²) in [5.74, 6) is -5.41. The maximum Gasteiger partial charge on any atom is 0.348 e. The van der Waals surface area contributed by atoms with Gasteiger partial charge >= 0.3 is 17.9 Å². The minimum absolute atomic E-state index is 0.0293. The molecule has 0 aliphatic carbocycles. The Hall–Kier alpha value is -4.25. The first kappa shape index (κ1) is 25.0. The van der Waals surface area contributed by atoms with E-state index in [0.717, 1.165) is 18.2 Å². The summed E-state index contributed by atoms with van der Waals surface area (Å²) >= 11 is 0. The largest absolute Gasteiger partial charge is 0.504 e. The molecule has 5 N–H and O–H groups in total. The lowest BCUT2D eigenvalue weighted by Gasteiger charge is -2.29. The molecule has 33 heavy (non-hydrogen) atoms. The average molecular weight is 462 g/mol. The van der Waals surface area contributed by atoms with Gasteiger partial charge in [0, 0.05) is 12.5 Å². The van der Waals surface area contributed by atoms with Gasteiger partial charge < -0.3 is 39.7 Å². The predicted octanol–water partition coefficient (Wildman–Crippen LogP) is 1.18. The fourth-order valence-electron chi connectivity index (χ4n) is 2.90. The number of hydrogen-bond donors (Lipinski definition) is 5. The van der Waals surface area contributed by atoms with Crippen molar-refractivity contribution >= 4 is 24.0 Å². The van der Waals surface area contributed by atoms with Gasteiger partial charge in [0.15, 0.2) is 23.0 Å². The van der Waals surface area contributed by atoms with Crippen LogP contribution < -0.4 is 9.47 Å². The van der Waals surface area contributed by atoms with Crippen LogP contribution in [-0.4, -0.2) is 69.4 Å². The molecule has 0 fully saturated rings. The third-order valence-electron chi connectivity index (χ3n) is 4.60. The Bertz CT molecular complexity index is 1080. The number of esters is 1. The van der Waals surface area contributed by atoms with E-state index in [-0.39, 0.29) is 5.56 Å². The second kappa shape index (κ2) is 10.4. The number of aliphatic hydroxyl groups is 1. The van der Waals surface area contributed by atoms with Crippen molar-refractivity contribution in [2.24, 2.45) is 0 Å². The van der Waals surface area contributed by atoms with E-state index >= 15 is 0 Å². The molecule has 0 unspecified atom stereocenters. The molecule has 2 rings (SSSR count). The summed E-state index contributed by atoms with van der Waals surface area (Å²) in [5, 5.41) is 48.5. The normalized spacial score (nSPS) is 13.7. The van der Waals surface area contributed by atoms with Gasteiger partial charge in [-0.1, -0.05) is 12.1 Å². The van der Waals surface area contributed by atoms with Crippen LogP contribution >= 0.6 is 0 Å². The number of carboxylic acids is 2. The highest BCUT2D eigenvalue weighted by atomic mass is 16.6. The van der Waals surface area contributed by atoms with Crippen molar-refractivity contribution in [3.05, 3.63) is 53.6 Å². The molecule has 0 radical (unpaired) electrons. The van der Waals surface area contributed by atoms with Gasteiger partial charge in [-0.15, -0.1) is 0 Å². The van der Waals surface area contributed by atoms with Crippen molar-refractivity contribution in [2.45, 2.75) is 18.1 Å². The zero-order valence-corrected chi connectivity index (χ0v) is 17.6. The number of methoxy groups -OCH3 is 2. The Labute approximate surface area is 187 Å². The van der Waals surface area contributed by atoms with Crippen LogP contribution in [0.15, 0.2) is 42.5 Å². The minimum atomic E-state index is -3.08. The molecule has 176 valence electrons. The topological polar surface area (TPSA) is 180 Å². The first-order valence-corrected chi connectivity index (χ1v) is 9.32. The fraction of sp³-hybridized carbons (Fsp3) is 0.227. The molecule has 2 atom stereocenters. The van der Waals surface area contributed by atoms with E-state index in [4.69, 9.17) is 14.2 Å². The number of ether oxygens (including phenoxy) is 3. The zero-order valence-electron chi connectivity index (χ0n) is 17.6. The number of phenols is 2. The Kier molecular flexibility index (Phi) is 7.86. The predicted molar refractivity (Wildman–Crippen MR) is 112 cm³/mol. The molecule has 0 saturated heterocycles. The van der Waals surface area contributed by atoms with Crippen molar-refractivity contribution in [3.63, 3.8) is 0 Å². The third-order valence-corrected chi connectivity index (χ3v) is 4.60. The van der Waals surface area contributed by atoms with E-state index in [0.29, 0.717) is 17.1 Å². The molecule has 2 aromatic carbocycles. The highest BCUT2D eigenvalue weighted by Crippen LogP contribution is 2.30. The molecule has 0 aromatic heterocycles. The smallest absolute Gasteiger partial charge is 0.348 e. The standard InChI is InChI=1S/C22H22O11/c1-31-16-7-4-12(10-17(16)32-2)5-8-18(25)33-19(20(26)27)22(30,21(28)29)11-13-3-6-14(23)15(24)9-13/h3-10,19,23-24,30H,11H2,1-2H3,(H,26,27)(H,28,29)/b8-5+/t19-,22+/m1/s1. The van der Waals surface area contributed by atoms with Crippen LogP contribution in [0.3, 0.4) is 0 Å². The van der Waals surface area contributed by atoms with E-state index in [1.54, 1.807) is 12.1 Å². The monoisotopic (exact) mass is 462 g/mol. The summed E-state index contributed by atoms with van der Waals surface area (Å²) in [6, 6.07) is 7.81. The Balaban J connectivity index is 2.26. The summed E-state index contributed by atoms with van der Waals surface area (Å²) in [6.45, 7) is 0. The fourth-order valence-corrected chi connectivity index (χ4v) is 2.90. The first-order valence-electron chi connectivity index (χ1n) is 9.32. The van der Waals surface area contributed by atoms with Crippen molar-refractivity contribution < 1.29 is 54.1 Å². The second-order valence-electron chi connectivity index (χ2n) is 6.83. The van der Waals surface area contributed by atoms with Gasteiger partial charge in [0.2, 0.25) is 11.7 Å². The number of phenolic OH excluding ortho intramolecular Hbond substituents is 2. The van der Waals surface area contributed by atoms with Gasteiger partial charge in [0.05, 0.1) is 14.2 Å². The van der Waals surface area contributed by atoms with Crippen LogP contribution in [-0.2, 0) is 25.5 Å². The van der Waals surface area contributed by atoms with Gasteiger partial charge in [-0.05, 0) is 41.5 Å². The van der Waals surface area contributed by atoms with Gasteiger partial charge in [0.1, 0.15) is 0 Å². The second-order valence-corrected chi connectivity index (χ2v) is 6.83. The van der Waals surface area contributed by atoms with E-state index in [1.807, 2.05) is 0 Å². The Morgan fingerprint density at radius 2 is 1.64 bits per heavy atom. The van der Waals surface area contributed by atoms with Crippen LogP contribution in [0.2, 0.25) is 0 Å². The van der Waals surface area contributed by atoms with Crippen molar-refractivity contribution in [3.8, 4) is 23.0 Å². The molecule has 0 spiro atoms. The lowest BCUT2D eigenvalue weighted by molar-refractivity contribution is -0.192. The number of carbonyl (C=O) groups is 3. The van der Waals surface area contributed by atoms with Gasteiger partial charge in [-0.3, -0.25) is 0 Å². The Morgan fingerprint density at radius 3 is 2.18 bits per heavy atom. The highest BCUT2D eigenvalue weighted by Gasteiger charge is 2.51. The minimum Gasteiger partial charge on any atom is -0.504 e. The number of aromatic hydroxyl groups is 2. The van der Waals surface area contributed by atoms with Gasteiger partial charge in [-0.25, -0.2) is 14.4 Å². The summed E-state index contributed by atoms with van der Waals surface area (Å²) in [4.78, 5) is 35.7. The summed E-state index contributed by atoms with van der Waals surface area (Å²) in [6.07, 6.45) is -1.22. The number of benzene rings is 2. The quantitative estimate of drug-likeness (QED) is 0.194. The molecule has 0 bridgehead atoms. The van der Waals surface area contributed by atoms with E-state index < -0.39 is 47.5 Å². The number of carboxylic acid groups (broad SMARTS) is 2. The van der Waals surface area contributed by atoms with Crippen LogP contribution in [0.4, 0.5) is 0 Å². The van der Waals surface area contributed by atoms with Crippen LogP contribution in [0.1, 0.15) is 11.1 Å². The lowest BCUT2D eigenvalue weighted by Crippen LogP contribution is -2.56. The number of hydrogen-bond acceptors (Lipinski definition) is 9. The van der Waals surface area contributed by atoms with E-state index in [9.17, 15) is 39.9 Å². The molecular weight excluding hydrogens is 440 g/mol. The third kappa shape index (κ3) is 5.92. The number of carbonyl (C=O) groups excluding carboxylic acids is 1. The highest BCUT2D eigenvalue weighted by molar-refractivity contribution is 5.93. The molecular formula is C22H22O11. The maximum atomic E-state index is 12.2. The molecule has 0 heterocycles. The van der Waals surface area contributed by atoms with Gasteiger partial charge in [-0.2, -0.15) is 0 Å².